The number of imidazole rings is 1. The van der Waals surface area contributed by atoms with Crippen molar-refractivity contribution in [3.8, 4) is 5.75 Å². The van der Waals surface area contributed by atoms with E-state index in [4.69, 9.17) is 9.47 Å². The van der Waals surface area contributed by atoms with Crippen LogP contribution in [0.5, 0.6) is 5.75 Å². The third-order valence-corrected chi connectivity index (χ3v) is 2.96. The van der Waals surface area contributed by atoms with E-state index in [1.807, 2.05) is 31.3 Å². The fourth-order valence-corrected chi connectivity index (χ4v) is 1.95. The van der Waals surface area contributed by atoms with Gasteiger partial charge in [-0.2, -0.15) is 0 Å². The molecule has 1 aromatic carbocycles. The number of ether oxygens (including phenoxy) is 2. The topological polar surface area (TPSA) is 53.4 Å². The molecule has 0 aliphatic heterocycles. The standard InChI is InChI=1S/C16H18N2O3/c1-4-21-16(19)14(15-17-8-9-18(15)2)11-12-6-5-7-13(10-12)20-3/h5-11H,4H2,1-3H3/b14-11-. The molecule has 2 rings (SSSR count). The first-order valence-corrected chi connectivity index (χ1v) is 6.66. The van der Waals surface area contributed by atoms with Gasteiger partial charge in [0.05, 0.1) is 13.7 Å². The quantitative estimate of drug-likeness (QED) is 0.626. The van der Waals surface area contributed by atoms with E-state index >= 15 is 0 Å². The molecule has 0 unspecified atom stereocenters. The van der Waals surface area contributed by atoms with Gasteiger partial charge in [-0.15, -0.1) is 0 Å². The summed E-state index contributed by atoms with van der Waals surface area (Å²) in [6.45, 7) is 2.10. The number of aryl methyl sites for hydroxylation is 1. The van der Waals surface area contributed by atoms with E-state index < -0.39 is 5.97 Å². The summed E-state index contributed by atoms with van der Waals surface area (Å²) in [5.41, 5.74) is 1.26. The molecule has 0 spiro atoms. The normalized spacial score (nSPS) is 11.3. The van der Waals surface area contributed by atoms with Crippen LogP contribution in [-0.2, 0) is 16.6 Å². The molecule has 0 atom stereocenters. The highest BCUT2D eigenvalue weighted by Gasteiger charge is 2.17. The molecule has 0 amide bonds. The molecule has 21 heavy (non-hydrogen) atoms. The molecule has 2 aromatic rings. The zero-order valence-electron chi connectivity index (χ0n) is 12.4. The summed E-state index contributed by atoms with van der Waals surface area (Å²) in [6, 6.07) is 7.46. The zero-order valence-corrected chi connectivity index (χ0v) is 12.4. The molecule has 0 fully saturated rings. The Morgan fingerprint density at radius 2 is 2.24 bits per heavy atom. The molecular weight excluding hydrogens is 268 g/mol. The van der Waals surface area contributed by atoms with Crippen LogP contribution in [0.4, 0.5) is 0 Å². The Kier molecular flexibility index (Phi) is 4.77. The van der Waals surface area contributed by atoms with Crippen LogP contribution in [-0.4, -0.2) is 29.2 Å². The summed E-state index contributed by atoms with van der Waals surface area (Å²) in [4.78, 5) is 16.4. The second-order valence-corrected chi connectivity index (χ2v) is 4.42. The summed E-state index contributed by atoms with van der Waals surface area (Å²) in [7, 11) is 3.44. The van der Waals surface area contributed by atoms with E-state index in [0.717, 1.165) is 11.3 Å². The predicted octanol–water partition coefficient (Wildman–Crippen LogP) is 2.53. The van der Waals surface area contributed by atoms with Gasteiger partial charge in [-0.25, -0.2) is 9.78 Å². The maximum Gasteiger partial charge on any atom is 0.341 e. The van der Waals surface area contributed by atoms with Crippen LogP contribution in [0.2, 0.25) is 0 Å². The molecule has 110 valence electrons. The second kappa shape index (κ2) is 6.74. The summed E-state index contributed by atoms with van der Waals surface area (Å²) >= 11 is 0. The predicted molar refractivity (Wildman–Crippen MR) is 80.7 cm³/mol. The average molecular weight is 286 g/mol. The molecule has 0 N–H and O–H groups in total. The summed E-state index contributed by atoms with van der Waals surface area (Å²) < 4.78 is 12.1. The minimum Gasteiger partial charge on any atom is -0.497 e. The zero-order chi connectivity index (χ0) is 15.2. The summed E-state index contributed by atoms with van der Waals surface area (Å²) in [5.74, 6) is 0.901. The summed E-state index contributed by atoms with van der Waals surface area (Å²) in [6.07, 6.45) is 5.19. The molecule has 5 heteroatoms. The van der Waals surface area contributed by atoms with Gasteiger partial charge in [0.25, 0.3) is 0 Å². The average Bonchev–Trinajstić information content (AvgIpc) is 2.91. The Hall–Kier alpha value is -2.56. The molecule has 1 heterocycles. The number of nitrogens with zero attached hydrogens (tertiary/aromatic N) is 2. The first-order valence-electron chi connectivity index (χ1n) is 6.66. The van der Waals surface area contributed by atoms with E-state index in [-0.39, 0.29) is 0 Å². The van der Waals surface area contributed by atoms with Crippen molar-refractivity contribution in [1.82, 2.24) is 9.55 Å². The largest absolute Gasteiger partial charge is 0.497 e. The molecule has 0 saturated heterocycles. The van der Waals surface area contributed by atoms with Crippen molar-refractivity contribution >= 4 is 17.6 Å². The van der Waals surface area contributed by atoms with E-state index in [2.05, 4.69) is 4.98 Å². The van der Waals surface area contributed by atoms with Crippen molar-refractivity contribution in [2.45, 2.75) is 6.92 Å². The van der Waals surface area contributed by atoms with E-state index in [1.54, 1.807) is 37.1 Å². The van der Waals surface area contributed by atoms with E-state index in [0.29, 0.717) is 18.0 Å². The van der Waals surface area contributed by atoms with Crippen LogP contribution >= 0.6 is 0 Å². The molecule has 0 aliphatic carbocycles. The maximum atomic E-state index is 12.2. The molecular formula is C16H18N2O3. The number of methoxy groups -OCH3 is 1. The second-order valence-electron chi connectivity index (χ2n) is 4.42. The van der Waals surface area contributed by atoms with Crippen molar-refractivity contribution in [2.75, 3.05) is 13.7 Å². The highest BCUT2D eigenvalue weighted by molar-refractivity contribution is 6.20. The van der Waals surface area contributed by atoms with Gasteiger partial charge < -0.3 is 14.0 Å². The first-order chi connectivity index (χ1) is 10.2. The maximum absolute atomic E-state index is 12.2. The number of rotatable bonds is 5. The van der Waals surface area contributed by atoms with Crippen LogP contribution in [0.15, 0.2) is 36.7 Å². The first kappa shape index (κ1) is 14.8. The molecule has 0 aliphatic rings. The molecule has 0 radical (unpaired) electrons. The van der Waals surface area contributed by atoms with Gasteiger partial charge in [0.1, 0.15) is 17.1 Å². The Morgan fingerprint density at radius 3 is 2.86 bits per heavy atom. The highest BCUT2D eigenvalue weighted by atomic mass is 16.5. The monoisotopic (exact) mass is 286 g/mol. The molecule has 1 aromatic heterocycles. The number of esters is 1. The lowest BCUT2D eigenvalue weighted by Crippen LogP contribution is -2.10. The van der Waals surface area contributed by atoms with Crippen molar-refractivity contribution in [3.63, 3.8) is 0 Å². The number of aromatic nitrogens is 2. The Morgan fingerprint density at radius 1 is 1.43 bits per heavy atom. The van der Waals surface area contributed by atoms with Crippen LogP contribution in [0, 0.1) is 0 Å². The number of carbonyl (C=O) groups is 1. The van der Waals surface area contributed by atoms with Crippen LogP contribution in [0.3, 0.4) is 0 Å². The molecule has 5 nitrogen and oxygen atoms in total. The Bertz CT molecular complexity index is 659. The third-order valence-electron chi connectivity index (χ3n) is 2.96. The minimum absolute atomic E-state index is 0.318. The Labute approximate surface area is 123 Å². The van der Waals surface area contributed by atoms with Crippen LogP contribution in [0.1, 0.15) is 18.3 Å². The van der Waals surface area contributed by atoms with E-state index in [1.165, 1.54) is 0 Å². The van der Waals surface area contributed by atoms with Gasteiger partial charge in [0, 0.05) is 19.4 Å². The number of hydrogen-bond donors (Lipinski definition) is 0. The number of benzene rings is 1. The van der Waals surface area contributed by atoms with Gasteiger partial charge in [-0.05, 0) is 30.7 Å². The lowest BCUT2D eigenvalue weighted by atomic mass is 10.1. The van der Waals surface area contributed by atoms with Gasteiger partial charge in [0.15, 0.2) is 0 Å². The minimum atomic E-state index is -0.394. The molecule has 0 bridgehead atoms. The number of hydrogen-bond acceptors (Lipinski definition) is 4. The van der Waals surface area contributed by atoms with Crippen molar-refractivity contribution in [2.24, 2.45) is 7.05 Å². The van der Waals surface area contributed by atoms with Gasteiger partial charge >= 0.3 is 5.97 Å². The van der Waals surface area contributed by atoms with Gasteiger partial charge in [-0.1, -0.05) is 12.1 Å². The lowest BCUT2D eigenvalue weighted by Gasteiger charge is -2.08. The molecule has 0 saturated carbocycles. The van der Waals surface area contributed by atoms with Crippen LogP contribution < -0.4 is 4.74 Å². The van der Waals surface area contributed by atoms with Crippen molar-refractivity contribution < 1.29 is 14.3 Å². The van der Waals surface area contributed by atoms with Crippen LogP contribution in [0.25, 0.3) is 11.6 Å². The van der Waals surface area contributed by atoms with Gasteiger partial charge in [0.2, 0.25) is 0 Å². The van der Waals surface area contributed by atoms with Crippen molar-refractivity contribution in [1.29, 1.82) is 0 Å². The summed E-state index contributed by atoms with van der Waals surface area (Å²) in [5, 5.41) is 0. The fourth-order valence-electron chi connectivity index (χ4n) is 1.95. The van der Waals surface area contributed by atoms with Crippen molar-refractivity contribution in [3.05, 3.63) is 48.0 Å². The lowest BCUT2D eigenvalue weighted by molar-refractivity contribution is -0.136. The Balaban J connectivity index is 2.46. The van der Waals surface area contributed by atoms with E-state index in [9.17, 15) is 4.79 Å². The van der Waals surface area contributed by atoms with Gasteiger partial charge in [-0.3, -0.25) is 0 Å². The fraction of sp³-hybridized carbons (Fsp3) is 0.250. The third kappa shape index (κ3) is 3.51. The number of carbonyl (C=O) groups excluding carboxylic acids is 1. The SMILES string of the molecule is CCOC(=O)/C(=C\c1cccc(OC)c1)c1nccn1C. The smallest absolute Gasteiger partial charge is 0.341 e. The highest BCUT2D eigenvalue weighted by Crippen LogP contribution is 2.21.